The molecule has 0 unspecified atom stereocenters. The molecule has 1 fully saturated rings. The lowest BCUT2D eigenvalue weighted by Crippen LogP contribution is -2.35. The van der Waals surface area contributed by atoms with Crippen LogP contribution in [0.5, 0.6) is 0 Å². The minimum atomic E-state index is -1.01. The monoisotopic (exact) mass is 355 g/mol. The van der Waals surface area contributed by atoms with Crippen LogP contribution in [-0.2, 0) is 33.7 Å². The van der Waals surface area contributed by atoms with Crippen molar-refractivity contribution in [1.82, 2.24) is 15.1 Å². The number of amides is 1. The second-order valence-corrected chi connectivity index (χ2v) is 6.72. The van der Waals surface area contributed by atoms with Crippen LogP contribution in [0.1, 0.15) is 36.2 Å². The Hall–Kier alpha value is -2.67. The quantitative estimate of drug-likeness (QED) is 0.850. The van der Waals surface area contributed by atoms with Gasteiger partial charge in [-0.15, -0.1) is 0 Å². The Morgan fingerprint density at radius 2 is 1.96 bits per heavy atom. The second kappa shape index (κ2) is 6.92. The number of hydrogen-bond donors (Lipinski definition) is 2. The van der Waals surface area contributed by atoms with E-state index in [1.165, 1.54) is 11.3 Å². The molecular formula is C19H21N3O4. The van der Waals surface area contributed by atoms with E-state index in [4.69, 9.17) is 14.9 Å². The number of ether oxygens (including phenoxy) is 1. The number of para-hydroxylation sites is 1. The molecule has 0 bridgehead atoms. The fourth-order valence-corrected chi connectivity index (χ4v) is 3.73. The maximum absolute atomic E-state index is 12.3. The fraction of sp³-hybridized carbons (Fsp3) is 0.421. The molecule has 0 spiro atoms. The zero-order valence-electron chi connectivity index (χ0n) is 14.4. The molecule has 2 aromatic rings. The maximum Gasteiger partial charge on any atom is 0.332 e. The summed E-state index contributed by atoms with van der Waals surface area (Å²) >= 11 is 0. The predicted molar refractivity (Wildman–Crippen MR) is 93.0 cm³/mol. The zero-order valence-corrected chi connectivity index (χ0v) is 14.4. The SMILES string of the molecule is O=C(NCc1nn(-c2ccccc2)c2c1CCC2)[C@@H]1CC[C@H](C(=O)O)O1. The molecule has 136 valence electrons. The first-order valence-corrected chi connectivity index (χ1v) is 8.94. The van der Waals surface area contributed by atoms with Crippen molar-refractivity contribution >= 4 is 11.9 Å². The van der Waals surface area contributed by atoms with E-state index in [1.54, 1.807) is 0 Å². The van der Waals surface area contributed by atoms with E-state index in [0.29, 0.717) is 19.4 Å². The number of nitrogens with one attached hydrogen (secondary N) is 1. The number of carbonyl (C=O) groups is 2. The average Bonchev–Trinajstić information content (AvgIpc) is 3.37. The Labute approximate surface area is 151 Å². The Kier molecular flexibility index (Phi) is 4.46. The third-order valence-corrected chi connectivity index (χ3v) is 5.03. The molecule has 0 radical (unpaired) electrons. The standard InChI is InChI=1S/C19H21N3O4/c23-18(16-9-10-17(26-16)19(24)25)20-11-14-13-7-4-8-15(13)22(21-14)12-5-2-1-3-6-12/h1-3,5-6,16-17H,4,7-11H2,(H,20,23)(H,24,25)/t16-,17+/m0/s1. The first-order valence-electron chi connectivity index (χ1n) is 8.94. The summed E-state index contributed by atoms with van der Waals surface area (Å²) in [6, 6.07) is 9.98. The molecule has 7 nitrogen and oxygen atoms in total. The van der Waals surface area contributed by atoms with E-state index in [-0.39, 0.29) is 5.91 Å². The molecule has 2 N–H and O–H groups in total. The molecule has 2 aliphatic rings. The highest BCUT2D eigenvalue weighted by Gasteiger charge is 2.34. The normalized spacial score (nSPS) is 21.5. The van der Waals surface area contributed by atoms with E-state index < -0.39 is 18.2 Å². The minimum Gasteiger partial charge on any atom is -0.479 e. The summed E-state index contributed by atoms with van der Waals surface area (Å²) < 4.78 is 7.27. The highest BCUT2D eigenvalue weighted by atomic mass is 16.5. The van der Waals surface area contributed by atoms with Crippen molar-refractivity contribution in [2.75, 3.05) is 0 Å². The van der Waals surface area contributed by atoms with Gasteiger partial charge in [-0.1, -0.05) is 18.2 Å². The minimum absolute atomic E-state index is 0.269. The molecule has 2 heterocycles. The van der Waals surface area contributed by atoms with Gasteiger partial charge in [-0.05, 0) is 49.8 Å². The summed E-state index contributed by atoms with van der Waals surface area (Å²) in [6.45, 7) is 0.332. The molecule has 1 saturated heterocycles. The lowest BCUT2D eigenvalue weighted by molar-refractivity contribution is -0.151. The number of rotatable bonds is 5. The summed E-state index contributed by atoms with van der Waals surface area (Å²) in [5.41, 5.74) is 4.32. The molecule has 1 aliphatic heterocycles. The second-order valence-electron chi connectivity index (χ2n) is 6.72. The highest BCUT2D eigenvalue weighted by molar-refractivity contribution is 5.82. The van der Waals surface area contributed by atoms with Crippen LogP contribution in [0.15, 0.2) is 30.3 Å². The molecule has 0 saturated carbocycles. The van der Waals surface area contributed by atoms with Crippen LogP contribution in [0, 0.1) is 0 Å². The first-order chi connectivity index (χ1) is 12.6. The van der Waals surface area contributed by atoms with E-state index in [0.717, 1.165) is 30.6 Å². The van der Waals surface area contributed by atoms with Crippen LogP contribution < -0.4 is 5.32 Å². The van der Waals surface area contributed by atoms with Crippen LogP contribution in [0.25, 0.3) is 5.69 Å². The largest absolute Gasteiger partial charge is 0.479 e. The van der Waals surface area contributed by atoms with Crippen molar-refractivity contribution in [1.29, 1.82) is 0 Å². The summed E-state index contributed by atoms with van der Waals surface area (Å²) in [7, 11) is 0. The van der Waals surface area contributed by atoms with Gasteiger partial charge in [0.05, 0.1) is 17.9 Å². The molecular weight excluding hydrogens is 334 g/mol. The van der Waals surface area contributed by atoms with E-state index in [9.17, 15) is 9.59 Å². The number of carboxylic acid groups (broad SMARTS) is 1. The summed E-state index contributed by atoms with van der Waals surface area (Å²) in [4.78, 5) is 23.2. The molecule has 2 atom stereocenters. The Morgan fingerprint density at radius 1 is 1.19 bits per heavy atom. The van der Waals surface area contributed by atoms with Crippen molar-refractivity contribution in [3.05, 3.63) is 47.3 Å². The summed E-state index contributed by atoms with van der Waals surface area (Å²) in [6.07, 6.45) is 2.26. The number of hydrogen-bond acceptors (Lipinski definition) is 4. The third kappa shape index (κ3) is 3.10. The van der Waals surface area contributed by atoms with E-state index >= 15 is 0 Å². The third-order valence-electron chi connectivity index (χ3n) is 5.03. The number of aliphatic carboxylic acids is 1. The van der Waals surface area contributed by atoms with Gasteiger partial charge in [0.25, 0.3) is 0 Å². The number of fused-ring (bicyclic) bond motifs is 1. The zero-order chi connectivity index (χ0) is 18.1. The van der Waals surface area contributed by atoms with Gasteiger partial charge >= 0.3 is 5.97 Å². The van der Waals surface area contributed by atoms with Gasteiger partial charge in [-0.25, -0.2) is 9.48 Å². The smallest absolute Gasteiger partial charge is 0.332 e. The van der Waals surface area contributed by atoms with E-state index in [2.05, 4.69) is 5.32 Å². The molecule has 1 aromatic heterocycles. The Balaban J connectivity index is 1.46. The van der Waals surface area contributed by atoms with Gasteiger partial charge in [0, 0.05) is 5.69 Å². The van der Waals surface area contributed by atoms with Crippen LogP contribution in [0.3, 0.4) is 0 Å². The number of nitrogens with zero attached hydrogens (tertiary/aromatic N) is 2. The van der Waals surface area contributed by atoms with Crippen molar-refractivity contribution in [3.63, 3.8) is 0 Å². The van der Waals surface area contributed by atoms with Gasteiger partial charge in [0.15, 0.2) is 6.10 Å². The van der Waals surface area contributed by atoms with Crippen molar-refractivity contribution in [2.24, 2.45) is 0 Å². The fourth-order valence-electron chi connectivity index (χ4n) is 3.73. The lowest BCUT2D eigenvalue weighted by Gasteiger charge is -2.11. The van der Waals surface area contributed by atoms with E-state index in [1.807, 2.05) is 35.0 Å². The summed E-state index contributed by atoms with van der Waals surface area (Å²) in [5.74, 6) is -1.28. The molecule has 4 rings (SSSR count). The van der Waals surface area contributed by atoms with Gasteiger partial charge in [-0.3, -0.25) is 4.79 Å². The van der Waals surface area contributed by atoms with Gasteiger partial charge in [0.2, 0.25) is 5.91 Å². The van der Waals surface area contributed by atoms with Crippen LogP contribution in [0.4, 0.5) is 0 Å². The van der Waals surface area contributed by atoms with Crippen molar-refractivity contribution in [2.45, 2.75) is 50.9 Å². The molecule has 1 amide bonds. The topological polar surface area (TPSA) is 93.5 Å². The molecule has 1 aliphatic carbocycles. The van der Waals surface area contributed by atoms with Crippen LogP contribution >= 0.6 is 0 Å². The number of carboxylic acids is 1. The number of aromatic nitrogens is 2. The maximum atomic E-state index is 12.3. The lowest BCUT2D eigenvalue weighted by atomic mass is 10.1. The van der Waals surface area contributed by atoms with Crippen molar-refractivity contribution < 1.29 is 19.4 Å². The number of benzene rings is 1. The van der Waals surface area contributed by atoms with Gasteiger partial charge in [-0.2, -0.15) is 5.10 Å². The Bertz CT molecular complexity index is 831. The number of carbonyl (C=O) groups excluding carboxylic acids is 1. The molecule has 26 heavy (non-hydrogen) atoms. The molecule has 1 aromatic carbocycles. The van der Waals surface area contributed by atoms with Crippen LogP contribution in [0.2, 0.25) is 0 Å². The average molecular weight is 355 g/mol. The van der Waals surface area contributed by atoms with Crippen molar-refractivity contribution in [3.8, 4) is 5.69 Å². The Morgan fingerprint density at radius 3 is 2.69 bits per heavy atom. The van der Waals surface area contributed by atoms with Crippen LogP contribution in [-0.4, -0.2) is 39.0 Å². The summed E-state index contributed by atoms with van der Waals surface area (Å²) in [5, 5.41) is 16.5. The highest BCUT2D eigenvalue weighted by Crippen LogP contribution is 2.28. The first kappa shape index (κ1) is 16.8. The van der Waals surface area contributed by atoms with Gasteiger partial charge in [0.1, 0.15) is 6.10 Å². The predicted octanol–water partition coefficient (Wildman–Crippen LogP) is 1.61. The molecule has 7 heteroatoms. The van der Waals surface area contributed by atoms with Gasteiger partial charge < -0.3 is 15.2 Å².